The second-order valence-corrected chi connectivity index (χ2v) is 18.0. The number of rotatable bonds is 11. The molecule has 0 amide bonds. The molecule has 0 spiro atoms. The minimum atomic E-state index is 1.06. The molecule has 0 bridgehead atoms. The van der Waals surface area contributed by atoms with E-state index in [0.29, 0.717) is 0 Å². The average Bonchev–Trinajstić information content (AvgIpc) is 3.44. The summed E-state index contributed by atoms with van der Waals surface area (Å²) in [5, 5.41) is 4.92. The summed E-state index contributed by atoms with van der Waals surface area (Å²) in [7, 11) is 0. The van der Waals surface area contributed by atoms with Gasteiger partial charge in [0.05, 0.1) is 5.69 Å². The van der Waals surface area contributed by atoms with Crippen LogP contribution < -0.4 is 9.80 Å². The predicted octanol–water partition coefficient (Wildman–Crippen LogP) is 19.3. The molecule has 12 rings (SSSR count). The smallest absolute Gasteiger partial charge is 0.0540 e. The van der Waals surface area contributed by atoms with Crippen molar-refractivity contribution in [2.45, 2.75) is 12.8 Å². The van der Waals surface area contributed by atoms with Crippen LogP contribution in [0.5, 0.6) is 0 Å². The maximum absolute atomic E-state index is 2.40. The normalized spacial score (nSPS) is 12.2. The third kappa shape index (κ3) is 8.49. The maximum atomic E-state index is 2.40. The van der Waals surface area contributed by atoms with Gasteiger partial charge in [-0.2, -0.15) is 0 Å². The fraction of sp³-hybridized carbons (Fsp3) is 0.0294. The lowest BCUT2D eigenvalue weighted by Gasteiger charge is -2.28. The molecule has 0 atom stereocenters. The van der Waals surface area contributed by atoms with E-state index in [2.05, 4.69) is 289 Å². The number of hydrogen-bond donors (Lipinski definition) is 0. The van der Waals surface area contributed by atoms with Gasteiger partial charge in [0.15, 0.2) is 0 Å². The van der Waals surface area contributed by atoms with Crippen molar-refractivity contribution in [3.63, 3.8) is 0 Å². The lowest BCUT2D eigenvalue weighted by atomic mass is 9.96. The molecule has 0 radical (unpaired) electrons. The summed E-state index contributed by atoms with van der Waals surface area (Å²) in [5.74, 6) is 0. The van der Waals surface area contributed by atoms with Crippen LogP contribution in [-0.2, 0) is 0 Å². The summed E-state index contributed by atoms with van der Waals surface area (Å²) in [6.45, 7) is 0. The summed E-state index contributed by atoms with van der Waals surface area (Å²) < 4.78 is 0. The Balaban J connectivity index is 0.914. The first-order valence-electron chi connectivity index (χ1n) is 24.3. The Kier molecular flexibility index (Phi) is 11.5. The predicted molar refractivity (Wildman–Crippen MR) is 299 cm³/mol. The quantitative estimate of drug-likeness (QED) is 0.128. The van der Waals surface area contributed by atoms with Crippen LogP contribution in [0.4, 0.5) is 34.1 Å². The number of benzene rings is 11. The first kappa shape index (κ1) is 42.4. The molecule has 0 N–H and O–H groups in total. The molecule has 11 aromatic carbocycles. The first-order chi connectivity index (χ1) is 34.7. The van der Waals surface area contributed by atoms with Crippen molar-refractivity contribution < 1.29 is 0 Å². The summed E-state index contributed by atoms with van der Waals surface area (Å²) >= 11 is 0. The lowest BCUT2D eigenvalue weighted by molar-refractivity contribution is 1.05. The highest BCUT2D eigenvalue weighted by atomic mass is 15.1. The molecule has 0 saturated heterocycles. The Morgan fingerprint density at radius 3 is 1.29 bits per heavy atom. The molecule has 0 heterocycles. The van der Waals surface area contributed by atoms with E-state index < -0.39 is 0 Å². The van der Waals surface area contributed by atoms with E-state index >= 15 is 0 Å². The first-order valence-corrected chi connectivity index (χ1v) is 24.3. The van der Waals surface area contributed by atoms with Crippen molar-refractivity contribution in [2.24, 2.45) is 0 Å². The zero-order valence-corrected chi connectivity index (χ0v) is 38.9. The van der Waals surface area contributed by atoms with Crippen LogP contribution in [0.25, 0.3) is 71.6 Å². The van der Waals surface area contributed by atoms with Crippen LogP contribution in [0.2, 0.25) is 0 Å². The monoisotopic (exact) mass is 894 g/mol. The standard InChI is InChI=1S/C68H50N2/c1-4-16-49(17-5-1)52-30-38-60(39-31-52)69(64-47-58(50-18-6-2-7-19-50)46-59(48-64)51-20-8-3-9-21-51)61-40-32-53(33-41-61)54-34-42-62(43-35-54)70(68-29-15-25-56-23-11-13-27-67(56)68)63-44-36-57(37-45-63)66-28-14-24-55-22-10-12-26-65(55)66/h1-4,6-16,18-48H,5,17H2. The van der Waals surface area contributed by atoms with Crippen molar-refractivity contribution in [3.05, 3.63) is 285 Å². The van der Waals surface area contributed by atoms with Gasteiger partial charge in [-0.05, 0) is 157 Å². The van der Waals surface area contributed by atoms with E-state index in [1.807, 2.05) is 0 Å². The Morgan fingerprint density at radius 2 is 0.729 bits per heavy atom. The van der Waals surface area contributed by atoms with E-state index in [-0.39, 0.29) is 0 Å². The summed E-state index contributed by atoms with van der Waals surface area (Å²) in [6, 6.07) is 95.1. The fourth-order valence-corrected chi connectivity index (χ4v) is 10.2. The average molecular weight is 895 g/mol. The minimum absolute atomic E-state index is 1.06. The highest BCUT2D eigenvalue weighted by Gasteiger charge is 2.19. The van der Waals surface area contributed by atoms with Gasteiger partial charge in [-0.3, -0.25) is 0 Å². The molecule has 0 saturated carbocycles. The van der Waals surface area contributed by atoms with E-state index in [0.717, 1.165) is 58.1 Å². The molecule has 11 aromatic rings. The molecule has 0 unspecified atom stereocenters. The Bertz CT molecular complexity index is 3600. The summed E-state index contributed by atoms with van der Waals surface area (Å²) in [6.07, 6.45) is 8.81. The highest BCUT2D eigenvalue weighted by Crippen LogP contribution is 2.43. The van der Waals surface area contributed by atoms with Gasteiger partial charge in [0.2, 0.25) is 0 Å². The lowest BCUT2D eigenvalue weighted by Crippen LogP contribution is -2.10. The van der Waals surface area contributed by atoms with Gasteiger partial charge in [0.25, 0.3) is 0 Å². The molecule has 2 nitrogen and oxygen atoms in total. The molecule has 0 aliphatic heterocycles. The van der Waals surface area contributed by atoms with Crippen LogP contribution in [0.1, 0.15) is 18.4 Å². The number of hydrogen-bond acceptors (Lipinski definition) is 2. The molecule has 0 fully saturated rings. The number of allylic oxidation sites excluding steroid dienone is 4. The van der Waals surface area contributed by atoms with Crippen LogP contribution >= 0.6 is 0 Å². The highest BCUT2D eigenvalue weighted by molar-refractivity contribution is 6.00. The molecular formula is C68H50N2. The Morgan fingerprint density at radius 1 is 0.286 bits per heavy atom. The Labute approximate surface area is 411 Å². The van der Waals surface area contributed by atoms with E-state index in [1.165, 1.54) is 66.1 Å². The Hall–Kier alpha value is -8.98. The van der Waals surface area contributed by atoms with Gasteiger partial charge >= 0.3 is 0 Å². The van der Waals surface area contributed by atoms with Gasteiger partial charge < -0.3 is 9.80 Å². The van der Waals surface area contributed by atoms with Crippen molar-refractivity contribution in [1.29, 1.82) is 0 Å². The second kappa shape index (κ2) is 19.0. The second-order valence-electron chi connectivity index (χ2n) is 18.0. The maximum Gasteiger partial charge on any atom is 0.0540 e. The molecule has 332 valence electrons. The molecular weight excluding hydrogens is 845 g/mol. The molecule has 0 aromatic heterocycles. The van der Waals surface area contributed by atoms with Crippen LogP contribution in [0.3, 0.4) is 0 Å². The van der Waals surface area contributed by atoms with Crippen molar-refractivity contribution in [2.75, 3.05) is 9.80 Å². The van der Waals surface area contributed by atoms with Crippen molar-refractivity contribution >= 4 is 61.2 Å². The largest absolute Gasteiger partial charge is 0.310 e. The van der Waals surface area contributed by atoms with Crippen molar-refractivity contribution in [1.82, 2.24) is 0 Å². The van der Waals surface area contributed by atoms with Crippen molar-refractivity contribution in [3.8, 4) is 44.5 Å². The van der Waals surface area contributed by atoms with Gasteiger partial charge in [-0.1, -0.05) is 206 Å². The van der Waals surface area contributed by atoms with Gasteiger partial charge in [-0.25, -0.2) is 0 Å². The van der Waals surface area contributed by atoms with Gasteiger partial charge in [0.1, 0.15) is 0 Å². The van der Waals surface area contributed by atoms with E-state index in [9.17, 15) is 0 Å². The molecule has 70 heavy (non-hydrogen) atoms. The molecule has 2 heteroatoms. The summed E-state index contributed by atoms with van der Waals surface area (Å²) in [5.41, 5.74) is 18.7. The molecule has 1 aliphatic carbocycles. The zero-order valence-electron chi connectivity index (χ0n) is 38.9. The topological polar surface area (TPSA) is 6.48 Å². The van der Waals surface area contributed by atoms with Crippen LogP contribution in [0, 0.1) is 0 Å². The van der Waals surface area contributed by atoms with E-state index in [1.54, 1.807) is 0 Å². The van der Waals surface area contributed by atoms with E-state index in [4.69, 9.17) is 0 Å². The number of anilines is 6. The molecule has 1 aliphatic rings. The van der Waals surface area contributed by atoms with Crippen LogP contribution in [-0.4, -0.2) is 0 Å². The minimum Gasteiger partial charge on any atom is -0.310 e. The summed E-state index contributed by atoms with van der Waals surface area (Å²) in [4.78, 5) is 4.79. The number of fused-ring (bicyclic) bond motifs is 2. The third-order valence-electron chi connectivity index (χ3n) is 13.7. The fourth-order valence-electron chi connectivity index (χ4n) is 10.2. The third-order valence-corrected chi connectivity index (χ3v) is 13.7. The number of nitrogens with zero attached hydrogens (tertiary/aromatic N) is 2. The van der Waals surface area contributed by atoms with Crippen LogP contribution in [0.15, 0.2) is 279 Å². The zero-order chi connectivity index (χ0) is 46.6. The van der Waals surface area contributed by atoms with Gasteiger partial charge in [-0.15, -0.1) is 0 Å². The van der Waals surface area contributed by atoms with Gasteiger partial charge in [0, 0.05) is 33.8 Å². The SMILES string of the molecule is C1=CCCC(c2ccc(N(c3ccc(-c4ccc(N(c5ccc(-c6cccc7ccccc67)cc5)c5cccc6ccccc56)cc4)cc3)c3cc(-c4ccccc4)cc(-c4ccccc4)c3)cc2)=C1.